The van der Waals surface area contributed by atoms with Crippen molar-refractivity contribution in [1.29, 1.82) is 0 Å². The quantitative estimate of drug-likeness (QED) is 0.469. The largest absolute Gasteiger partial charge is 0.309 e. The smallest absolute Gasteiger partial charge is 0.227 e. The van der Waals surface area contributed by atoms with Crippen molar-refractivity contribution >= 4 is 23.2 Å². The summed E-state index contributed by atoms with van der Waals surface area (Å²) in [5.41, 5.74) is 8.86. The van der Waals surface area contributed by atoms with E-state index in [0.29, 0.717) is 30.2 Å². The molecule has 0 radical (unpaired) electrons. The monoisotopic (exact) mass is 251 g/mol. The van der Waals surface area contributed by atoms with Crippen molar-refractivity contribution < 1.29 is 4.79 Å². The average molecular weight is 252 g/mol. The first-order chi connectivity index (χ1) is 8.22. The lowest BCUT2D eigenvalue weighted by Crippen LogP contribution is -2.25. The Morgan fingerprint density at radius 2 is 2.53 bits per heavy atom. The predicted octanol–water partition coefficient (Wildman–Crippen LogP) is 2.40. The topological polar surface area (TPSA) is 82.0 Å². The van der Waals surface area contributed by atoms with Crippen LogP contribution in [0.1, 0.15) is 6.42 Å². The van der Waals surface area contributed by atoms with Gasteiger partial charge in [-0.3, -0.25) is 9.78 Å². The van der Waals surface area contributed by atoms with Gasteiger partial charge in [-0.1, -0.05) is 16.7 Å². The fourth-order valence-electron chi connectivity index (χ4n) is 1.86. The molecular weight excluding hydrogens is 242 g/mol. The van der Waals surface area contributed by atoms with E-state index in [4.69, 9.17) is 17.1 Å². The third-order valence-corrected chi connectivity index (χ3v) is 2.97. The second kappa shape index (κ2) is 5.03. The number of amides is 1. The lowest BCUT2D eigenvalue weighted by molar-refractivity contribution is -0.117. The molecule has 88 valence electrons. The number of anilines is 1. The molecule has 0 aromatic carbocycles. The Bertz CT molecular complexity index is 485. The third-order valence-electron chi connectivity index (χ3n) is 2.65. The number of hydrogen-bond acceptors (Lipinski definition) is 3. The van der Waals surface area contributed by atoms with Crippen LogP contribution in [0.5, 0.6) is 0 Å². The van der Waals surface area contributed by atoms with E-state index < -0.39 is 0 Å². The molecule has 2 rings (SSSR count). The summed E-state index contributed by atoms with van der Waals surface area (Å²) in [7, 11) is 0. The van der Waals surface area contributed by atoms with Gasteiger partial charge in [-0.25, -0.2) is 0 Å². The van der Waals surface area contributed by atoms with Crippen molar-refractivity contribution in [3.63, 3.8) is 0 Å². The molecule has 1 aliphatic rings. The van der Waals surface area contributed by atoms with Crippen LogP contribution in [0.25, 0.3) is 10.4 Å². The van der Waals surface area contributed by atoms with E-state index in [1.807, 2.05) is 0 Å². The number of carbonyl (C=O) groups excluding carboxylic acids is 1. The minimum absolute atomic E-state index is 0.0157. The van der Waals surface area contributed by atoms with Crippen molar-refractivity contribution in [2.45, 2.75) is 6.42 Å². The van der Waals surface area contributed by atoms with Crippen LogP contribution in [-0.4, -0.2) is 24.0 Å². The first-order valence-corrected chi connectivity index (χ1v) is 5.51. The molecule has 1 aromatic rings. The van der Waals surface area contributed by atoms with Gasteiger partial charge in [-0.05, 0) is 17.5 Å². The molecule has 1 atom stereocenters. The van der Waals surface area contributed by atoms with E-state index in [9.17, 15) is 4.79 Å². The van der Waals surface area contributed by atoms with Crippen LogP contribution in [0.4, 0.5) is 5.69 Å². The van der Waals surface area contributed by atoms with Gasteiger partial charge in [0.05, 0.1) is 16.9 Å². The van der Waals surface area contributed by atoms with Gasteiger partial charge in [0.1, 0.15) is 0 Å². The first-order valence-electron chi connectivity index (χ1n) is 5.13. The van der Waals surface area contributed by atoms with Crippen LogP contribution in [-0.2, 0) is 4.79 Å². The highest BCUT2D eigenvalue weighted by Gasteiger charge is 2.31. The standard InChI is InChI=1S/C10H10ClN5O/c11-8-1-2-13-5-9(8)16-6-7(3-10(16)17)4-14-15-12/h1-2,5,7H,3-4,6H2. The Hall–Kier alpha value is -1.78. The molecule has 1 fully saturated rings. The maximum atomic E-state index is 11.8. The Morgan fingerprint density at radius 3 is 3.24 bits per heavy atom. The molecular formula is C10H10ClN5O. The molecule has 1 saturated heterocycles. The van der Waals surface area contributed by atoms with Gasteiger partial charge in [0.2, 0.25) is 5.91 Å². The van der Waals surface area contributed by atoms with Crippen LogP contribution in [0.15, 0.2) is 23.6 Å². The zero-order chi connectivity index (χ0) is 12.3. The van der Waals surface area contributed by atoms with Crippen LogP contribution in [0, 0.1) is 5.92 Å². The van der Waals surface area contributed by atoms with Gasteiger partial charge in [-0.15, -0.1) is 0 Å². The Labute approximate surface area is 103 Å². The van der Waals surface area contributed by atoms with E-state index in [-0.39, 0.29) is 11.8 Å². The molecule has 0 saturated carbocycles. The van der Waals surface area contributed by atoms with Crippen molar-refractivity contribution in [3.05, 3.63) is 33.9 Å². The van der Waals surface area contributed by atoms with E-state index >= 15 is 0 Å². The fraction of sp³-hybridized carbons (Fsp3) is 0.400. The fourth-order valence-corrected chi connectivity index (χ4v) is 2.06. The summed E-state index contributed by atoms with van der Waals surface area (Å²) < 4.78 is 0. The van der Waals surface area contributed by atoms with Crippen LogP contribution >= 0.6 is 11.6 Å². The minimum atomic E-state index is -0.0157. The number of nitrogens with zero attached hydrogens (tertiary/aromatic N) is 5. The Balaban J connectivity index is 2.16. The van der Waals surface area contributed by atoms with Gasteiger partial charge in [-0.2, -0.15) is 0 Å². The molecule has 1 aromatic heterocycles. The Kier molecular flexibility index (Phi) is 3.46. The summed E-state index contributed by atoms with van der Waals surface area (Å²) in [5.74, 6) is 0.0349. The van der Waals surface area contributed by atoms with Crippen molar-refractivity contribution in [2.24, 2.45) is 11.0 Å². The summed E-state index contributed by atoms with van der Waals surface area (Å²) in [5, 5.41) is 3.99. The molecule has 1 amide bonds. The molecule has 0 spiro atoms. The summed E-state index contributed by atoms with van der Waals surface area (Å²) in [4.78, 5) is 20.0. The highest BCUT2D eigenvalue weighted by atomic mass is 35.5. The summed E-state index contributed by atoms with van der Waals surface area (Å²) in [6, 6.07) is 1.64. The molecule has 6 nitrogen and oxygen atoms in total. The molecule has 17 heavy (non-hydrogen) atoms. The average Bonchev–Trinajstić information content (AvgIpc) is 2.68. The number of aromatic nitrogens is 1. The lowest BCUT2D eigenvalue weighted by atomic mass is 10.1. The SMILES string of the molecule is [N-]=[N+]=NCC1CC(=O)N(c2cnccc2Cl)C1. The maximum Gasteiger partial charge on any atom is 0.227 e. The number of pyridine rings is 1. The molecule has 0 bridgehead atoms. The van der Waals surface area contributed by atoms with E-state index in [1.165, 1.54) is 0 Å². The van der Waals surface area contributed by atoms with Gasteiger partial charge in [0.25, 0.3) is 0 Å². The van der Waals surface area contributed by atoms with E-state index in [2.05, 4.69) is 15.0 Å². The summed E-state index contributed by atoms with van der Waals surface area (Å²) in [6.07, 6.45) is 3.52. The number of hydrogen-bond donors (Lipinski definition) is 0. The zero-order valence-corrected chi connectivity index (χ0v) is 9.71. The predicted molar refractivity (Wildman–Crippen MR) is 63.7 cm³/mol. The van der Waals surface area contributed by atoms with Crippen molar-refractivity contribution in [1.82, 2.24) is 4.98 Å². The molecule has 1 unspecified atom stereocenters. The number of halogens is 1. The molecule has 0 N–H and O–H groups in total. The summed E-state index contributed by atoms with van der Waals surface area (Å²) >= 11 is 6.01. The second-order valence-corrected chi connectivity index (χ2v) is 4.22. The van der Waals surface area contributed by atoms with E-state index in [0.717, 1.165) is 0 Å². The number of azide groups is 1. The van der Waals surface area contributed by atoms with Crippen molar-refractivity contribution in [3.8, 4) is 0 Å². The highest BCUT2D eigenvalue weighted by molar-refractivity contribution is 6.33. The maximum absolute atomic E-state index is 11.8. The highest BCUT2D eigenvalue weighted by Crippen LogP contribution is 2.30. The van der Waals surface area contributed by atoms with Crippen LogP contribution < -0.4 is 4.90 Å². The lowest BCUT2D eigenvalue weighted by Gasteiger charge is -2.17. The van der Waals surface area contributed by atoms with Crippen LogP contribution in [0.2, 0.25) is 5.02 Å². The normalized spacial score (nSPS) is 19.2. The zero-order valence-electron chi connectivity index (χ0n) is 8.95. The van der Waals surface area contributed by atoms with Gasteiger partial charge in [0, 0.05) is 30.6 Å². The number of rotatable bonds is 3. The molecule has 7 heteroatoms. The van der Waals surface area contributed by atoms with E-state index in [1.54, 1.807) is 23.4 Å². The van der Waals surface area contributed by atoms with Gasteiger partial charge < -0.3 is 4.90 Å². The minimum Gasteiger partial charge on any atom is -0.309 e. The molecule has 0 aliphatic carbocycles. The molecule has 1 aliphatic heterocycles. The second-order valence-electron chi connectivity index (χ2n) is 3.82. The van der Waals surface area contributed by atoms with Gasteiger partial charge >= 0.3 is 0 Å². The first kappa shape index (κ1) is 11.7. The van der Waals surface area contributed by atoms with Crippen LogP contribution in [0.3, 0.4) is 0 Å². The number of carbonyl (C=O) groups is 1. The Morgan fingerprint density at radius 1 is 1.71 bits per heavy atom. The van der Waals surface area contributed by atoms with Gasteiger partial charge in [0.15, 0.2) is 0 Å². The third kappa shape index (κ3) is 2.49. The summed E-state index contributed by atoms with van der Waals surface area (Å²) in [6.45, 7) is 0.847. The molecule has 2 heterocycles. The van der Waals surface area contributed by atoms with Crippen molar-refractivity contribution in [2.75, 3.05) is 18.0 Å².